The number of nitrogens with zero attached hydrogens (tertiary/aromatic N) is 1. The maximum absolute atomic E-state index is 14.5. The first-order valence-electron chi connectivity index (χ1n) is 15.0. The standard InChI is InChI=1S/C36H35ClN2O5S/c1-36(2,3)19-29(40)39-32(24-8-5-4-6-9-24)31(34(41)28-10-7-17-45-28)30(23-12-14-25(37)15-13-23)33(39)35(42)38-20-22-11-16-26-27(18-22)44-21-43-26/h4-18,30-33H,19-21H2,1-3H3,(H,38,42). The van der Waals surface area contributed by atoms with Crippen LogP contribution in [0, 0.1) is 11.3 Å². The first-order chi connectivity index (χ1) is 21.6. The van der Waals surface area contributed by atoms with E-state index in [1.54, 1.807) is 17.0 Å². The van der Waals surface area contributed by atoms with E-state index < -0.39 is 23.9 Å². The zero-order valence-corrected chi connectivity index (χ0v) is 26.9. The van der Waals surface area contributed by atoms with Gasteiger partial charge in [-0.1, -0.05) is 87.0 Å². The Kier molecular flexibility index (Phi) is 8.71. The molecule has 4 aromatic rings. The van der Waals surface area contributed by atoms with E-state index >= 15 is 0 Å². The second kappa shape index (κ2) is 12.7. The number of halogens is 1. The van der Waals surface area contributed by atoms with Crippen molar-refractivity contribution in [1.29, 1.82) is 0 Å². The van der Waals surface area contributed by atoms with Crippen molar-refractivity contribution in [2.45, 2.75) is 51.7 Å². The van der Waals surface area contributed by atoms with Crippen LogP contribution < -0.4 is 14.8 Å². The van der Waals surface area contributed by atoms with Crippen LogP contribution >= 0.6 is 22.9 Å². The Morgan fingerprint density at radius 2 is 1.64 bits per heavy atom. The summed E-state index contributed by atoms with van der Waals surface area (Å²) in [5.74, 6) is -0.700. The van der Waals surface area contributed by atoms with E-state index in [0.29, 0.717) is 21.4 Å². The van der Waals surface area contributed by atoms with Gasteiger partial charge in [-0.05, 0) is 57.8 Å². The van der Waals surface area contributed by atoms with Crippen molar-refractivity contribution in [3.8, 4) is 11.5 Å². The van der Waals surface area contributed by atoms with E-state index in [1.807, 2.05) is 98.9 Å². The summed E-state index contributed by atoms with van der Waals surface area (Å²) in [5, 5.41) is 5.51. The van der Waals surface area contributed by atoms with E-state index in [4.69, 9.17) is 21.1 Å². The third kappa shape index (κ3) is 6.49. The first kappa shape index (κ1) is 30.9. The van der Waals surface area contributed by atoms with Gasteiger partial charge >= 0.3 is 0 Å². The highest BCUT2D eigenvalue weighted by molar-refractivity contribution is 7.12. The molecular formula is C36H35ClN2O5S. The number of ketones is 1. The number of amides is 2. The van der Waals surface area contributed by atoms with E-state index in [-0.39, 0.29) is 42.8 Å². The molecule has 0 radical (unpaired) electrons. The van der Waals surface area contributed by atoms with Crippen molar-refractivity contribution in [1.82, 2.24) is 10.2 Å². The minimum atomic E-state index is -0.964. The Hall–Kier alpha value is -4.14. The summed E-state index contributed by atoms with van der Waals surface area (Å²) >= 11 is 7.67. The Labute approximate surface area is 272 Å². The molecule has 0 saturated carbocycles. The Bertz CT molecular complexity index is 1680. The van der Waals surface area contributed by atoms with Crippen molar-refractivity contribution in [2.75, 3.05) is 6.79 Å². The number of nitrogens with one attached hydrogen (secondary N) is 1. The largest absolute Gasteiger partial charge is 0.454 e. The number of carbonyl (C=O) groups is 3. The van der Waals surface area contributed by atoms with Crippen LogP contribution in [0.15, 0.2) is 90.3 Å². The Morgan fingerprint density at radius 1 is 0.911 bits per heavy atom. The van der Waals surface area contributed by atoms with Crippen molar-refractivity contribution < 1.29 is 23.9 Å². The molecule has 1 saturated heterocycles. The van der Waals surface area contributed by atoms with Gasteiger partial charge in [0.25, 0.3) is 0 Å². The van der Waals surface area contributed by atoms with E-state index in [9.17, 15) is 14.4 Å². The third-order valence-electron chi connectivity index (χ3n) is 8.27. The molecule has 45 heavy (non-hydrogen) atoms. The summed E-state index contributed by atoms with van der Waals surface area (Å²) < 4.78 is 11.0. The number of likely N-dealkylation sites (tertiary alicyclic amines) is 1. The molecule has 9 heteroatoms. The second-order valence-corrected chi connectivity index (χ2v) is 14.1. The SMILES string of the molecule is CC(C)(C)CC(=O)N1C(C(=O)NCc2ccc3c(c2)OCO3)C(c2ccc(Cl)cc2)C(C(=O)c2cccs2)C1c1ccccc1. The van der Waals surface area contributed by atoms with Gasteiger partial charge < -0.3 is 19.7 Å². The number of hydrogen-bond donors (Lipinski definition) is 1. The lowest BCUT2D eigenvalue weighted by Gasteiger charge is -2.33. The van der Waals surface area contributed by atoms with Crippen molar-refractivity contribution in [3.05, 3.63) is 117 Å². The van der Waals surface area contributed by atoms with Gasteiger partial charge in [0.05, 0.1) is 16.8 Å². The van der Waals surface area contributed by atoms with Crippen molar-refractivity contribution >= 4 is 40.5 Å². The molecule has 1 aromatic heterocycles. The number of carbonyl (C=O) groups excluding carboxylic acids is 3. The molecule has 7 nitrogen and oxygen atoms in total. The number of Topliss-reactive ketones (excluding diaryl/α,β-unsaturated/α-hetero) is 1. The zero-order chi connectivity index (χ0) is 31.7. The number of fused-ring (bicyclic) bond motifs is 1. The van der Waals surface area contributed by atoms with Crippen LogP contribution in [0.3, 0.4) is 0 Å². The summed E-state index contributed by atoms with van der Waals surface area (Å²) in [6.45, 7) is 6.36. The number of ether oxygens (including phenoxy) is 2. The summed E-state index contributed by atoms with van der Waals surface area (Å²) in [7, 11) is 0. The highest BCUT2D eigenvalue weighted by Gasteiger charge is 2.57. The lowest BCUT2D eigenvalue weighted by Crippen LogP contribution is -2.49. The number of rotatable bonds is 8. The average Bonchev–Trinajstić information content (AvgIpc) is 3.78. The molecule has 3 heterocycles. The molecule has 4 atom stereocenters. The van der Waals surface area contributed by atoms with Gasteiger partial charge in [-0.15, -0.1) is 11.3 Å². The smallest absolute Gasteiger partial charge is 0.243 e. The molecule has 232 valence electrons. The maximum atomic E-state index is 14.5. The number of benzene rings is 3. The summed E-state index contributed by atoms with van der Waals surface area (Å²) in [6.07, 6.45) is 0.204. The van der Waals surface area contributed by atoms with Crippen molar-refractivity contribution in [3.63, 3.8) is 0 Å². The predicted octanol–water partition coefficient (Wildman–Crippen LogP) is 7.42. The van der Waals surface area contributed by atoms with Gasteiger partial charge in [0.1, 0.15) is 6.04 Å². The molecule has 1 N–H and O–H groups in total. The fourth-order valence-electron chi connectivity index (χ4n) is 6.38. The molecule has 0 aliphatic carbocycles. The fraction of sp³-hybridized carbons (Fsp3) is 0.306. The minimum absolute atomic E-state index is 0.0987. The third-order valence-corrected chi connectivity index (χ3v) is 9.41. The molecule has 2 aliphatic rings. The lowest BCUT2D eigenvalue weighted by atomic mass is 9.77. The Balaban J connectivity index is 1.48. The van der Waals surface area contributed by atoms with E-state index in [0.717, 1.165) is 16.7 Å². The summed E-state index contributed by atoms with van der Waals surface area (Å²) in [6, 6.07) is 24.4. The minimum Gasteiger partial charge on any atom is -0.454 e. The van der Waals surface area contributed by atoms with Crippen LogP contribution in [0.2, 0.25) is 5.02 Å². The molecule has 2 aliphatic heterocycles. The maximum Gasteiger partial charge on any atom is 0.243 e. The van der Waals surface area contributed by atoms with Crippen LogP contribution in [0.1, 0.15) is 65.5 Å². The van der Waals surface area contributed by atoms with Gasteiger partial charge in [-0.3, -0.25) is 14.4 Å². The summed E-state index contributed by atoms with van der Waals surface area (Å²) in [4.78, 5) is 45.8. The molecule has 6 rings (SSSR count). The van der Waals surface area contributed by atoms with Crippen molar-refractivity contribution in [2.24, 2.45) is 11.3 Å². The van der Waals surface area contributed by atoms with Crippen LogP contribution in [0.5, 0.6) is 11.5 Å². The van der Waals surface area contributed by atoms with E-state index in [2.05, 4.69) is 5.32 Å². The van der Waals surface area contributed by atoms with Gasteiger partial charge in [-0.25, -0.2) is 0 Å². The topological polar surface area (TPSA) is 84.9 Å². The fourth-order valence-corrected chi connectivity index (χ4v) is 7.22. The second-order valence-electron chi connectivity index (χ2n) is 12.7. The summed E-state index contributed by atoms with van der Waals surface area (Å²) in [5.41, 5.74) is 2.05. The highest BCUT2D eigenvalue weighted by atomic mass is 35.5. The molecule has 1 fully saturated rings. The quantitative estimate of drug-likeness (QED) is 0.202. The normalized spacial score (nSPS) is 20.7. The van der Waals surface area contributed by atoms with Crippen LogP contribution in [-0.4, -0.2) is 35.3 Å². The first-order valence-corrected chi connectivity index (χ1v) is 16.2. The van der Waals surface area contributed by atoms with Crippen LogP contribution in [0.25, 0.3) is 0 Å². The Morgan fingerprint density at radius 3 is 2.33 bits per heavy atom. The predicted molar refractivity (Wildman–Crippen MR) is 175 cm³/mol. The molecular weight excluding hydrogens is 608 g/mol. The highest BCUT2D eigenvalue weighted by Crippen LogP contribution is 2.52. The zero-order valence-electron chi connectivity index (χ0n) is 25.4. The molecule has 4 unspecified atom stereocenters. The van der Waals surface area contributed by atoms with Gasteiger partial charge in [-0.2, -0.15) is 0 Å². The average molecular weight is 643 g/mol. The van der Waals surface area contributed by atoms with E-state index in [1.165, 1.54) is 11.3 Å². The lowest BCUT2D eigenvalue weighted by molar-refractivity contribution is -0.142. The van der Waals surface area contributed by atoms with Gasteiger partial charge in [0.15, 0.2) is 17.3 Å². The van der Waals surface area contributed by atoms with Gasteiger partial charge in [0.2, 0.25) is 18.6 Å². The molecule has 0 spiro atoms. The van der Waals surface area contributed by atoms with Crippen LogP contribution in [-0.2, 0) is 16.1 Å². The van der Waals surface area contributed by atoms with Crippen LogP contribution in [0.4, 0.5) is 0 Å². The molecule has 2 amide bonds. The number of hydrogen-bond acceptors (Lipinski definition) is 6. The monoisotopic (exact) mass is 642 g/mol. The number of thiophene rings is 1. The molecule has 3 aromatic carbocycles. The van der Waals surface area contributed by atoms with Gasteiger partial charge in [0, 0.05) is 23.9 Å². The molecule has 0 bridgehead atoms.